The van der Waals surface area contributed by atoms with E-state index in [2.05, 4.69) is 20.6 Å². The minimum absolute atomic E-state index is 0.0939. The molecule has 2 N–H and O–H groups in total. The first kappa shape index (κ1) is 28.4. The van der Waals surface area contributed by atoms with Gasteiger partial charge < -0.3 is 10.1 Å². The monoisotopic (exact) mass is 539 g/mol. The molecule has 2 amide bonds. The highest BCUT2D eigenvalue weighted by Gasteiger charge is 2.35. The topological polar surface area (TPSA) is 88.5 Å². The summed E-state index contributed by atoms with van der Waals surface area (Å²) in [5.41, 5.74) is 2.19. The average Bonchev–Trinajstić information content (AvgIpc) is 3.45. The molecular weight excluding hydrogens is 504 g/mol. The second-order valence-electron chi connectivity index (χ2n) is 10.3. The number of ether oxygens (including phenoxy) is 1. The lowest BCUT2D eigenvalue weighted by Gasteiger charge is -2.21. The summed E-state index contributed by atoms with van der Waals surface area (Å²) in [4.78, 5) is 28.4. The Morgan fingerprint density at radius 3 is 2.51 bits per heavy atom. The fraction of sp³-hybridized carbons (Fsp3) is 0.414. The van der Waals surface area contributed by atoms with Gasteiger partial charge in [-0.25, -0.2) is 18.3 Å². The number of methoxy groups -OCH3 is 1. The lowest BCUT2D eigenvalue weighted by Crippen LogP contribution is -2.42. The van der Waals surface area contributed by atoms with Gasteiger partial charge in [0, 0.05) is 44.6 Å². The van der Waals surface area contributed by atoms with E-state index in [1.54, 1.807) is 24.8 Å². The number of likely N-dealkylation sites (tertiary alicyclic amines) is 1. The van der Waals surface area contributed by atoms with Crippen molar-refractivity contribution >= 4 is 17.6 Å². The number of hydrogen-bond acceptors (Lipinski definition) is 5. The van der Waals surface area contributed by atoms with E-state index in [9.17, 15) is 18.4 Å². The highest BCUT2D eigenvalue weighted by atomic mass is 19.2. The summed E-state index contributed by atoms with van der Waals surface area (Å²) >= 11 is 0. The fourth-order valence-corrected chi connectivity index (χ4v) is 4.96. The maximum atomic E-state index is 14.1. The summed E-state index contributed by atoms with van der Waals surface area (Å²) in [5.74, 6) is -1.64. The van der Waals surface area contributed by atoms with E-state index in [4.69, 9.17) is 4.74 Å². The standard InChI is InChI=1S/C29H35F2N5O3/c1-18(2)14-26(37)27-19(3)28(36(34-27)21-8-6-5-7-9-21)33-29(38)32-25-17-35(12-13-39-4)16-22(25)20-10-11-23(30)24(31)15-20/h5-11,15,18,22,25H,12-14,16-17H2,1-4H3,(H2,32,33,38)/t22-,25+/m0/s1. The molecule has 1 aliphatic rings. The number of nitrogens with one attached hydrogen (secondary N) is 2. The van der Waals surface area contributed by atoms with Gasteiger partial charge in [-0.1, -0.05) is 38.1 Å². The molecule has 0 radical (unpaired) electrons. The van der Waals surface area contributed by atoms with Gasteiger partial charge >= 0.3 is 6.03 Å². The molecule has 2 aromatic carbocycles. The van der Waals surface area contributed by atoms with Gasteiger partial charge in [0.25, 0.3) is 0 Å². The number of rotatable bonds is 10. The van der Waals surface area contributed by atoms with Gasteiger partial charge in [0.2, 0.25) is 0 Å². The zero-order valence-corrected chi connectivity index (χ0v) is 22.7. The van der Waals surface area contributed by atoms with E-state index in [0.29, 0.717) is 61.0 Å². The van der Waals surface area contributed by atoms with E-state index < -0.39 is 17.7 Å². The van der Waals surface area contributed by atoms with E-state index in [-0.39, 0.29) is 23.7 Å². The van der Waals surface area contributed by atoms with Gasteiger partial charge in [0.15, 0.2) is 17.4 Å². The van der Waals surface area contributed by atoms with Crippen molar-refractivity contribution in [3.63, 3.8) is 0 Å². The first-order valence-electron chi connectivity index (χ1n) is 13.1. The lowest BCUT2D eigenvalue weighted by atomic mass is 9.94. The van der Waals surface area contributed by atoms with Crippen LogP contribution in [0.5, 0.6) is 0 Å². The molecule has 0 saturated carbocycles. The first-order valence-corrected chi connectivity index (χ1v) is 13.1. The van der Waals surface area contributed by atoms with Crippen molar-refractivity contribution in [1.82, 2.24) is 20.0 Å². The summed E-state index contributed by atoms with van der Waals surface area (Å²) in [5, 5.41) is 10.5. The van der Waals surface area contributed by atoms with Crippen LogP contribution >= 0.6 is 0 Å². The van der Waals surface area contributed by atoms with Gasteiger partial charge in [-0.15, -0.1) is 0 Å². The molecule has 208 valence electrons. The Hall–Kier alpha value is -3.63. The molecule has 10 heteroatoms. The molecule has 0 unspecified atom stereocenters. The molecule has 3 aromatic rings. The third-order valence-electron chi connectivity index (χ3n) is 6.91. The highest BCUT2D eigenvalue weighted by Crippen LogP contribution is 2.30. The number of amides is 2. The maximum absolute atomic E-state index is 14.1. The van der Waals surface area contributed by atoms with E-state index in [1.165, 1.54) is 6.07 Å². The van der Waals surface area contributed by atoms with Crippen LogP contribution < -0.4 is 10.6 Å². The number of anilines is 1. The van der Waals surface area contributed by atoms with Crippen LogP contribution in [0, 0.1) is 24.5 Å². The largest absolute Gasteiger partial charge is 0.383 e. The predicted molar refractivity (Wildman–Crippen MR) is 145 cm³/mol. The molecule has 1 aromatic heterocycles. The van der Waals surface area contributed by atoms with Gasteiger partial charge in [-0.2, -0.15) is 5.10 Å². The SMILES string of the molecule is COCCN1C[C@@H](NC(=O)Nc2c(C)c(C(=O)CC(C)C)nn2-c2ccccc2)[C@H](c2ccc(F)c(F)c2)C1. The molecule has 0 bridgehead atoms. The Bertz CT molecular complexity index is 1310. The molecular formula is C29H35F2N5O3. The van der Waals surface area contributed by atoms with Crippen LogP contribution in [-0.4, -0.2) is 65.9 Å². The second-order valence-corrected chi connectivity index (χ2v) is 10.3. The molecule has 39 heavy (non-hydrogen) atoms. The molecule has 2 atom stereocenters. The van der Waals surface area contributed by atoms with Crippen LogP contribution in [0.15, 0.2) is 48.5 Å². The van der Waals surface area contributed by atoms with Crippen molar-refractivity contribution < 1.29 is 23.1 Å². The second kappa shape index (κ2) is 12.5. The number of ketones is 1. The Morgan fingerprint density at radius 2 is 1.85 bits per heavy atom. The number of Topliss-reactive ketones (excluding diaryl/α,β-unsaturated/α-hetero) is 1. The van der Waals surface area contributed by atoms with Gasteiger partial charge in [-0.3, -0.25) is 15.0 Å². The third kappa shape index (κ3) is 6.69. The van der Waals surface area contributed by atoms with Crippen molar-refractivity contribution in [2.75, 3.05) is 38.7 Å². The molecule has 8 nitrogen and oxygen atoms in total. The van der Waals surface area contributed by atoms with E-state index in [1.807, 2.05) is 44.2 Å². The Balaban J connectivity index is 1.59. The van der Waals surface area contributed by atoms with Crippen LogP contribution in [-0.2, 0) is 4.74 Å². The minimum atomic E-state index is -0.924. The summed E-state index contributed by atoms with van der Waals surface area (Å²) in [7, 11) is 1.62. The number of aromatic nitrogens is 2. The number of carbonyl (C=O) groups excluding carboxylic acids is 2. The quantitative estimate of drug-likeness (QED) is 0.357. The highest BCUT2D eigenvalue weighted by molar-refractivity contribution is 5.99. The normalized spacial score (nSPS) is 17.5. The summed E-state index contributed by atoms with van der Waals surface area (Å²) in [6, 6.07) is 12.3. The van der Waals surface area contributed by atoms with Gasteiger partial charge in [0.05, 0.1) is 18.3 Å². The zero-order valence-electron chi connectivity index (χ0n) is 22.7. The fourth-order valence-electron chi connectivity index (χ4n) is 4.96. The molecule has 1 fully saturated rings. The summed E-state index contributed by atoms with van der Waals surface area (Å²) in [6.45, 7) is 7.90. The first-order chi connectivity index (χ1) is 18.7. The van der Waals surface area contributed by atoms with Crippen LogP contribution in [0.3, 0.4) is 0 Å². The average molecular weight is 540 g/mol. The van der Waals surface area contributed by atoms with Crippen molar-refractivity contribution in [2.24, 2.45) is 5.92 Å². The summed E-state index contributed by atoms with van der Waals surface area (Å²) in [6.07, 6.45) is 0.341. The molecule has 2 heterocycles. The van der Waals surface area contributed by atoms with Gasteiger partial charge in [0.1, 0.15) is 11.5 Å². The molecule has 0 spiro atoms. The van der Waals surface area contributed by atoms with Crippen LogP contribution in [0.4, 0.5) is 19.4 Å². The van der Waals surface area contributed by atoms with E-state index in [0.717, 1.165) is 6.07 Å². The molecule has 1 saturated heterocycles. The maximum Gasteiger partial charge on any atom is 0.320 e. The molecule has 0 aliphatic carbocycles. The van der Waals surface area contributed by atoms with Crippen molar-refractivity contribution in [3.05, 3.63) is 77.0 Å². The van der Waals surface area contributed by atoms with Crippen LogP contribution in [0.1, 0.15) is 47.8 Å². The van der Waals surface area contributed by atoms with Gasteiger partial charge in [-0.05, 0) is 42.7 Å². The predicted octanol–water partition coefficient (Wildman–Crippen LogP) is 4.92. The van der Waals surface area contributed by atoms with Crippen molar-refractivity contribution in [2.45, 2.75) is 39.2 Å². The van der Waals surface area contributed by atoms with Crippen molar-refractivity contribution in [3.8, 4) is 5.69 Å². The third-order valence-corrected chi connectivity index (χ3v) is 6.91. The number of nitrogens with zero attached hydrogens (tertiary/aromatic N) is 3. The minimum Gasteiger partial charge on any atom is -0.383 e. The summed E-state index contributed by atoms with van der Waals surface area (Å²) < 4.78 is 34.4. The Kier molecular flexibility index (Phi) is 9.08. The smallest absolute Gasteiger partial charge is 0.320 e. The number of para-hydroxylation sites is 1. The number of urea groups is 1. The Morgan fingerprint density at radius 1 is 1.10 bits per heavy atom. The number of benzene rings is 2. The Labute approximate surface area is 227 Å². The van der Waals surface area contributed by atoms with E-state index >= 15 is 0 Å². The van der Waals surface area contributed by atoms with Crippen LogP contribution in [0.25, 0.3) is 5.69 Å². The number of carbonyl (C=O) groups is 2. The molecule has 1 aliphatic heterocycles. The van der Waals surface area contributed by atoms with Crippen molar-refractivity contribution in [1.29, 1.82) is 0 Å². The van der Waals surface area contributed by atoms with Crippen LogP contribution in [0.2, 0.25) is 0 Å². The lowest BCUT2D eigenvalue weighted by molar-refractivity contribution is 0.0962. The zero-order chi connectivity index (χ0) is 28.1. The number of hydrogen-bond donors (Lipinski definition) is 2. The molecule has 4 rings (SSSR count). The number of halogens is 2.